The summed E-state index contributed by atoms with van der Waals surface area (Å²) in [6, 6.07) is 15.0. The van der Waals surface area contributed by atoms with Gasteiger partial charge in [-0.15, -0.1) is 0 Å². The van der Waals surface area contributed by atoms with Crippen LogP contribution in [0.1, 0.15) is 57.2 Å². The zero-order valence-electron chi connectivity index (χ0n) is 16.7. The molecular formula is C22H29NO3S. The second kappa shape index (κ2) is 8.26. The smallest absolute Gasteiger partial charge is 0.239 e. The molecule has 0 aliphatic heterocycles. The van der Waals surface area contributed by atoms with Crippen LogP contribution in [0.2, 0.25) is 0 Å². The molecule has 1 N–H and O–H groups in total. The summed E-state index contributed by atoms with van der Waals surface area (Å²) in [6.07, 6.45) is 0. The largest absolute Gasteiger partial charge is 0.325 e. The molecule has 1 amide bonds. The quantitative estimate of drug-likeness (QED) is 0.784. The average molecular weight is 388 g/mol. The van der Waals surface area contributed by atoms with Crippen LogP contribution in [-0.4, -0.2) is 20.1 Å². The first-order valence-corrected chi connectivity index (χ1v) is 11.0. The third-order valence-corrected chi connectivity index (χ3v) is 5.87. The molecule has 0 bridgehead atoms. The van der Waals surface area contributed by atoms with Gasteiger partial charge in [-0.05, 0) is 40.2 Å². The molecule has 146 valence electrons. The van der Waals surface area contributed by atoms with Crippen molar-refractivity contribution in [3.05, 3.63) is 65.2 Å². The van der Waals surface area contributed by atoms with E-state index in [1.165, 1.54) is 0 Å². The number of carbonyl (C=O) groups is 1. The highest BCUT2D eigenvalue weighted by atomic mass is 32.2. The maximum absolute atomic E-state index is 12.4. The lowest BCUT2D eigenvalue weighted by Crippen LogP contribution is -2.24. The Bertz CT molecular complexity index is 892. The van der Waals surface area contributed by atoms with Crippen molar-refractivity contribution in [3.63, 3.8) is 0 Å². The average Bonchev–Trinajstić information content (AvgIpc) is 2.53. The van der Waals surface area contributed by atoms with Crippen molar-refractivity contribution in [2.45, 2.75) is 51.7 Å². The third-order valence-electron chi connectivity index (χ3n) is 4.39. The van der Waals surface area contributed by atoms with Crippen molar-refractivity contribution in [1.29, 1.82) is 0 Å². The first-order valence-electron chi connectivity index (χ1n) is 9.16. The number of benzene rings is 2. The Kier molecular flexibility index (Phi) is 6.47. The molecule has 0 heterocycles. The van der Waals surface area contributed by atoms with Gasteiger partial charge < -0.3 is 5.32 Å². The van der Waals surface area contributed by atoms with Gasteiger partial charge in [0, 0.05) is 5.69 Å². The van der Waals surface area contributed by atoms with E-state index in [1.807, 2.05) is 42.5 Å². The van der Waals surface area contributed by atoms with E-state index in [0.29, 0.717) is 17.2 Å². The molecule has 0 spiro atoms. The molecule has 5 heteroatoms. The number of anilines is 1. The van der Waals surface area contributed by atoms with Crippen LogP contribution in [0.25, 0.3) is 0 Å². The molecule has 2 aromatic rings. The number of rotatable bonds is 6. The predicted molar refractivity (Wildman–Crippen MR) is 112 cm³/mol. The molecule has 2 rings (SSSR count). The zero-order chi connectivity index (χ0) is 20.2. The van der Waals surface area contributed by atoms with Crippen LogP contribution in [0.3, 0.4) is 0 Å². The van der Waals surface area contributed by atoms with Gasteiger partial charge in [-0.2, -0.15) is 0 Å². The third kappa shape index (κ3) is 6.51. The Morgan fingerprint density at radius 2 is 1.67 bits per heavy atom. The minimum absolute atomic E-state index is 0.0157. The highest BCUT2D eigenvalue weighted by Crippen LogP contribution is 2.23. The highest BCUT2D eigenvalue weighted by molar-refractivity contribution is 7.91. The van der Waals surface area contributed by atoms with E-state index in [0.717, 1.165) is 11.1 Å². The summed E-state index contributed by atoms with van der Waals surface area (Å²) in [5, 5.41) is 2.69. The summed E-state index contributed by atoms with van der Waals surface area (Å²) in [6.45, 7) is 10.5. The van der Waals surface area contributed by atoms with Gasteiger partial charge in [0.15, 0.2) is 9.84 Å². The van der Waals surface area contributed by atoms with Gasteiger partial charge in [-0.25, -0.2) is 8.42 Å². The maximum Gasteiger partial charge on any atom is 0.239 e. The van der Waals surface area contributed by atoms with Gasteiger partial charge in [-0.3, -0.25) is 4.79 Å². The van der Waals surface area contributed by atoms with Gasteiger partial charge in [0.2, 0.25) is 5.91 Å². The summed E-state index contributed by atoms with van der Waals surface area (Å²) in [5.74, 6) is -0.847. The van der Waals surface area contributed by atoms with Crippen LogP contribution in [0.15, 0.2) is 48.5 Å². The fraction of sp³-hybridized carbons (Fsp3) is 0.409. The molecule has 2 aromatic carbocycles. The van der Waals surface area contributed by atoms with Crippen LogP contribution >= 0.6 is 0 Å². The number of amides is 1. The van der Waals surface area contributed by atoms with Crippen LogP contribution in [-0.2, 0) is 25.8 Å². The number of hydrogen-bond donors (Lipinski definition) is 1. The van der Waals surface area contributed by atoms with Crippen molar-refractivity contribution < 1.29 is 13.2 Å². The number of hydrogen-bond acceptors (Lipinski definition) is 3. The Balaban J connectivity index is 2.01. The predicted octanol–water partition coefficient (Wildman–Crippen LogP) is 4.66. The molecule has 27 heavy (non-hydrogen) atoms. The minimum atomic E-state index is -3.54. The van der Waals surface area contributed by atoms with Gasteiger partial charge in [0.25, 0.3) is 0 Å². The van der Waals surface area contributed by atoms with Crippen LogP contribution in [0.5, 0.6) is 0 Å². The molecule has 0 aliphatic rings. The molecule has 0 saturated heterocycles. The van der Waals surface area contributed by atoms with Crippen LogP contribution in [0.4, 0.5) is 5.69 Å². The van der Waals surface area contributed by atoms with E-state index >= 15 is 0 Å². The molecule has 0 aromatic heterocycles. The van der Waals surface area contributed by atoms with E-state index in [1.54, 1.807) is 6.07 Å². The number of nitrogens with one attached hydrogen (secondary N) is 1. The second-order valence-corrected chi connectivity index (χ2v) is 10.4. The number of sulfone groups is 1. The standard InChI is InChI=1S/C22H29NO3S/c1-16(2)18-7-6-8-20(13-18)23-21(24)15-27(25,26)14-17-9-11-19(12-10-17)22(3,4)5/h6-13,16H,14-15H2,1-5H3,(H,23,24). The van der Waals surface area contributed by atoms with Crippen molar-refractivity contribution in [3.8, 4) is 0 Å². The lowest BCUT2D eigenvalue weighted by atomic mass is 9.87. The van der Waals surface area contributed by atoms with Crippen LogP contribution in [0, 0.1) is 0 Å². The fourth-order valence-corrected chi connectivity index (χ4v) is 4.05. The first kappa shape index (κ1) is 21.2. The van der Waals surface area contributed by atoms with Crippen molar-refractivity contribution in [1.82, 2.24) is 0 Å². The van der Waals surface area contributed by atoms with Gasteiger partial charge in [0.1, 0.15) is 5.75 Å². The van der Waals surface area contributed by atoms with E-state index in [9.17, 15) is 13.2 Å². The molecule has 0 saturated carbocycles. The summed E-state index contributed by atoms with van der Waals surface area (Å²) in [7, 11) is -3.54. The molecular weight excluding hydrogens is 358 g/mol. The Hall–Kier alpha value is -2.14. The summed E-state index contributed by atoms with van der Waals surface area (Å²) >= 11 is 0. The van der Waals surface area contributed by atoms with Gasteiger partial charge in [0.05, 0.1) is 5.75 Å². The Labute approximate surface area is 162 Å². The SMILES string of the molecule is CC(C)c1cccc(NC(=O)CS(=O)(=O)Cc2ccc(C(C)(C)C)cc2)c1. The molecule has 0 atom stereocenters. The summed E-state index contributed by atoms with van der Waals surface area (Å²) in [5.41, 5.74) is 3.57. The lowest BCUT2D eigenvalue weighted by Gasteiger charge is -2.19. The number of carbonyl (C=O) groups excluding carboxylic acids is 1. The van der Waals surface area contributed by atoms with E-state index < -0.39 is 21.5 Å². The van der Waals surface area contributed by atoms with E-state index in [-0.39, 0.29) is 11.2 Å². The van der Waals surface area contributed by atoms with Gasteiger partial charge >= 0.3 is 0 Å². The topological polar surface area (TPSA) is 63.2 Å². The second-order valence-electron chi connectivity index (χ2n) is 8.31. The summed E-state index contributed by atoms with van der Waals surface area (Å²) < 4.78 is 24.8. The molecule has 0 radical (unpaired) electrons. The Morgan fingerprint density at radius 1 is 1.04 bits per heavy atom. The van der Waals surface area contributed by atoms with Crippen molar-refractivity contribution in [2.75, 3.05) is 11.1 Å². The van der Waals surface area contributed by atoms with Crippen molar-refractivity contribution in [2.24, 2.45) is 0 Å². The first-order chi connectivity index (χ1) is 12.5. The van der Waals surface area contributed by atoms with Crippen LogP contribution < -0.4 is 5.32 Å². The summed E-state index contributed by atoms with van der Waals surface area (Å²) in [4.78, 5) is 12.2. The van der Waals surface area contributed by atoms with E-state index in [4.69, 9.17) is 0 Å². The Morgan fingerprint density at radius 3 is 2.22 bits per heavy atom. The minimum Gasteiger partial charge on any atom is -0.325 e. The molecule has 4 nitrogen and oxygen atoms in total. The molecule has 0 aliphatic carbocycles. The monoisotopic (exact) mass is 387 g/mol. The molecule has 0 unspecified atom stereocenters. The van der Waals surface area contributed by atoms with Crippen molar-refractivity contribution >= 4 is 21.4 Å². The maximum atomic E-state index is 12.4. The fourth-order valence-electron chi connectivity index (χ4n) is 2.78. The normalized spacial score (nSPS) is 12.2. The van der Waals surface area contributed by atoms with E-state index in [2.05, 4.69) is 39.9 Å². The zero-order valence-corrected chi connectivity index (χ0v) is 17.6. The van der Waals surface area contributed by atoms with Gasteiger partial charge in [-0.1, -0.05) is 71.0 Å². The highest BCUT2D eigenvalue weighted by Gasteiger charge is 2.19. The molecule has 0 fully saturated rings. The lowest BCUT2D eigenvalue weighted by molar-refractivity contribution is -0.113.